The Balaban J connectivity index is 1.58. The number of carbonyl (C=O) groups is 3. The first-order valence-electron chi connectivity index (χ1n) is 7.95. The zero-order valence-corrected chi connectivity index (χ0v) is 12.3. The lowest BCUT2D eigenvalue weighted by Gasteiger charge is -2.34. The number of piperazine rings is 1. The second kappa shape index (κ2) is 5.66. The fraction of sp³-hybridized carbons (Fsp3) is 0.800. The summed E-state index contributed by atoms with van der Waals surface area (Å²) in [5.41, 5.74) is -0.800. The minimum absolute atomic E-state index is 0.0384. The summed E-state index contributed by atoms with van der Waals surface area (Å²) in [5.74, 6) is -0.110. The van der Waals surface area contributed by atoms with Gasteiger partial charge in [0.2, 0.25) is 18.2 Å². The van der Waals surface area contributed by atoms with E-state index in [9.17, 15) is 14.4 Å². The van der Waals surface area contributed by atoms with E-state index >= 15 is 0 Å². The van der Waals surface area contributed by atoms with Gasteiger partial charge in [-0.15, -0.1) is 0 Å². The summed E-state index contributed by atoms with van der Waals surface area (Å²) < 4.78 is 0. The molecule has 6 heteroatoms. The fourth-order valence-corrected chi connectivity index (χ4v) is 3.39. The van der Waals surface area contributed by atoms with Crippen LogP contribution in [0.5, 0.6) is 0 Å². The lowest BCUT2D eigenvalue weighted by Crippen LogP contribution is -2.53. The topological polar surface area (TPSA) is 69.7 Å². The molecule has 2 saturated carbocycles. The Morgan fingerprint density at radius 1 is 1.05 bits per heavy atom. The summed E-state index contributed by atoms with van der Waals surface area (Å²) in [6.45, 7) is 2.21. The lowest BCUT2D eigenvalue weighted by atomic mass is 10.0. The highest BCUT2D eigenvalue weighted by Gasteiger charge is 2.58. The Kier molecular flexibility index (Phi) is 3.87. The van der Waals surface area contributed by atoms with Crippen molar-refractivity contribution < 1.29 is 14.4 Å². The first-order chi connectivity index (χ1) is 10.2. The standard InChI is InChI=1S/C15H23N3O3/c19-11-17-7-9-18(10-8-17)14(21)15(5-6-15)13(20)16-12-3-1-2-4-12/h11-12H,1-10H2,(H,16,20). The molecule has 116 valence electrons. The van der Waals surface area contributed by atoms with Crippen LogP contribution >= 0.6 is 0 Å². The van der Waals surface area contributed by atoms with Gasteiger partial charge in [0.1, 0.15) is 5.41 Å². The molecule has 0 radical (unpaired) electrons. The largest absolute Gasteiger partial charge is 0.352 e. The van der Waals surface area contributed by atoms with Crippen molar-refractivity contribution in [3.8, 4) is 0 Å². The Morgan fingerprint density at radius 2 is 1.67 bits per heavy atom. The molecule has 1 N–H and O–H groups in total. The molecule has 3 aliphatic rings. The molecule has 6 nitrogen and oxygen atoms in total. The van der Waals surface area contributed by atoms with Gasteiger partial charge in [-0.1, -0.05) is 12.8 Å². The zero-order chi connectivity index (χ0) is 14.9. The molecule has 0 unspecified atom stereocenters. The van der Waals surface area contributed by atoms with Crippen molar-refractivity contribution in [3.63, 3.8) is 0 Å². The SMILES string of the molecule is O=CN1CCN(C(=O)C2(C(=O)NC3CCCC3)CC2)CC1. The Bertz CT molecular complexity index is 433. The van der Waals surface area contributed by atoms with Crippen molar-refractivity contribution in [2.75, 3.05) is 26.2 Å². The van der Waals surface area contributed by atoms with Gasteiger partial charge in [0, 0.05) is 32.2 Å². The summed E-state index contributed by atoms with van der Waals surface area (Å²) in [7, 11) is 0. The van der Waals surface area contributed by atoms with E-state index in [1.54, 1.807) is 9.80 Å². The Hall–Kier alpha value is -1.59. The number of rotatable bonds is 4. The molecule has 3 rings (SSSR count). The molecule has 0 aromatic heterocycles. The van der Waals surface area contributed by atoms with Crippen LogP contribution in [-0.4, -0.2) is 60.2 Å². The van der Waals surface area contributed by atoms with Crippen LogP contribution in [0.2, 0.25) is 0 Å². The van der Waals surface area contributed by atoms with Crippen molar-refractivity contribution in [1.29, 1.82) is 0 Å². The second-order valence-corrected chi connectivity index (χ2v) is 6.47. The van der Waals surface area contributed by atoms with Crippen molar-refractivity contribution in [3.05, 3.63) is 0 Å². The van der Waals surface area contributed by atoms with Gasteiger partial charge in [0.05, 0.1) is 0 Å². The normalized spacial score (nSPS) is 24.8. The number of hydrogen-bond donors (Lipinski definition) is 1. The van der Waals surface area contributed by atoms with Gasteiger partial charge in [-0.05, 0) is 25.7 Å². The average molecular weight is 293 g/mol. The number of amides is 3. The quantitative estimate of drug-likeness (QED) is 0.591. The van der Waals surface area contributed by atoms with Crippen molar-refractivity contribution in [1.82, 2.24) is 15.1 Å². The van der Waals surface area contributed by atoms with Crippen LogP contribution in [0.1, 0.15) is 38.5 Å². The van der Waals surface area contributed by atoms with E-state index in [2.05, 4.69) is 5.32 Å². The van der Waals surface area contributed by atoms with Crippen LogP contribution in [0.3, 0.4) is 0 Å². The summed E-state index contributed by atoms with van der Waals surface area (Å²) in [4.78, 5) is 39.2. The predicted octanol–water partition coefficient (Wildman–Crippen LogP) is 0.126. The van der Waals surface area contributed by atoms with Crippen molar-refractivity contribution in [2.24, 2.45) is 5.41 Å². The minimum Gasteiger partial charge on any atom is -0.352 e. The molecule has 0 aromatic rings. The van der Waals surface area contributed by atoms with Crippen LogP contribution in [0.4, 0.5) is 0 Å². The molecule has 1 aliphatic heterocycles. The molecular formula is C15H23N3O3. The van der Waals surface area contributed by atoms with E-state index in [1.165, 1.54) is 12.8 Å². The molecule has 0 bridgehead atoms. The summed E-state index contributed by atoms with van der Waals surface area (Å²) in [5, 5.41) is 3.07. The van der Waals surface area contributed by atoms with Crippen LogP contribution in [0, 0.1) is 5.41 Å². The monoisotopic (exact) mass is 293 g/mol. The summed E-state index contributed by atoms with van der Waals surface area (Å²) >= 11 is 0. The first-order valence-corrected chi connectivity index (χ1v) is 7.95. The predicted molar refractivity (Wildman–Crippen MR) is 76.3 cm³/mol. The van der Waals surface area contributed by atoms with Gasteiger partial charge in [-0.3, -0.25) is 14.4 Å². The first kappa shape index (κ1) is 14.4. The van der Waals surface area contributed by atoms with Crippen LogP contribution in [0.15, 0.2) is 0 Å². The third-order valence-electron chi connectivity index (χ3n) is 5.03. The molecule has 2 aliphatic carbocycles. The number of carbonyl (C=O) groups excluding carboxylic acids is 3. The molecule has 1 heterocycles. The molecule has 3 fully saturated rings. The van der Waals surface area contributed by atoms with Crippen molar-refractivity contribution in [2.45, 2.75) is 44.6 Å². The maximum absolute atomic E-state index is 12.7. The van der Waals surface area contributed by atoms with Gasteiger partial charge >= 0.3 is 0 Å². The molecule has 0 spiro atoms. The minimum atomic E-state index is -0.800. The molecule has 3 amide bonds. The molecular weight excluding hydrogens is 270 g/mol. The van der Waals surface area contributed by atoms with E-state index in [-0.39, 0.29) is 17.9 Å². The maximum atomic E-state index is 12.7. The third kappa shape index (κ3) is 2.76. The second-order valence-electron chi connectivity index (χ2n) is 6.47. The van der Waals surface area contributed by atoms with Crippen LogP contribution in [-0.2, 0) is 14.4 Å². The number of nitrogens with one attached hydrogen (secondary N) is 1. The van der Waals surface area contributed by atoms with E-state index < -0.39 is 5.41 Å². The number of nitrogens with zero attached hydrogens (tertiary/aromatic N) is 2. The zero-order valence-electron chi connectivity index (χ0n) is 12.3. The molecule has 0 atom stereocenters. The van der Waals surface area contributed by atoms with Crippen LogP contribution in [0.25, 0.3) is 0 Å². The smallest absolute Gasteiger partial charge is 0.238 e. The molecule has 1 saturated heterocycles. The average Bonchev–Trinajstić information content (AvgIpc) is 3.18. The Labute approximate surface area is 124 Å². The van der Waals surface area contributed by atoms with E-state index in [4.69, 9.17) is 0 Å². The van der Waals surface area contributed by atoms with Crippen molar-refractivity contribution >= 4 is 18.2 Å². The molecule has 0 aromatic carbocycles. The maximum Gasteiger partial charge on any atom is 0.238 e. The summed E-state index contributed by atoms with van der Waals surface area (Å²) in [6.07, 6.45) is 6.55. The van der Waals surface area contributed by atoms with E-state index in [1.807, 2.05) is 0 Å². The lowest BCUT2D eigenvalue weighted by molar-refractivity contribution is -0.146. The van der Waals surface area contributed by atoms with E-state index in [0.29, 0.717) is 39.0 Å². The Morgan fingerprint density at radius 3 is 2.19 bits per heavy atom. The highest BCUT2D eigenvalue weighted by Crippen LogP contribution is 2.48. The van der Waals surface area contributed by atoms with Gasteiger partial charge in [-0.2, -0.15) is 0 Å². The molecule has 21 heavy (non-hydrogen) atoms. The van der Waals surface area contributed by atoms with Gasteiger partial charge in [0.25, 0.3) is 0 Å². The highest BCUT2D eigenvalue weighted by molar-refractivity contribution is 6.08. The van der Waals surface area contributed by atoms with Gasteiger partial charge in [0.15, 0.2) is 0 Å². The third-order valence-corrected chi connectivity index (χ3v) is 5.03. The number of hydrogen-bond acceptors (Lipinski definition) is 3. The fourth-order valence-electron chi connectivity index (χ4n) is 3.39. The van der Waals surface area contributed by atoms with Gasteiger partial charge < -0.3 is 15.1 Å². The van der Waals surface area contributed by atoms with Crippen LogP contribution < -0.4 is 5.32 Å². The highest BCUT2D eigenvalue weighted by atomic mass is 16.2. The van der Waals surface area contributed by atoms with Gasteiger partial charge in [-0.25, -0.2) is 0 Å². The van der Waals surface area contributed by atoms with E-state index in [0.717, 1.165) is 19.3 Å². The summed E-state index contributed by atoms with van der Waals surface area (Å²) in [6, 6.07) is 0.259.